The first-order valence-corrected chi connectivity index (χ1v) is 6.15. The molecule has 0 saturated carbocycles. The molecular weight excluding hydrogens is 254 g/mol. The molecule has 0 heterocycles. The third kappa shape index (κ3) is 2.78. The molecule has 2 N–H and O–H groups in total. The van der Waals surface area contributed by atoms with Crippen molar-refractivity contribution < 1.29 is 0 Å². The minimum Gasteiger partial charge on any atom is -0.326 e. The number of rotatable bonds is 2. The Balaban J connectivity index is 0.00000133. The van der Waals surface area contributed by atoms with E-state index in [9.17, 15) is 0 Å². The fraction of sp³-hybridized carbons (Fsp3) is 0.0588. The molecule has 96 valence electrons. The molecule has 0 saturated heterocycles. The Hall–Kier alpha value is -1.83. The smallest absolute Gasteiger partial charge is 0.0178 e. The second kappa shape index (κ2) is 5.87. The van der Waals surface area contributed by atoms with Gasteiger partial charge in [-0.05, 0) is 33.5 Å². The van der Waals surface area contributed by atoms with E-state index in [0.717, 1.165) is 0 Å². The van der Waals surface area contributed by atoms with Gasteiger partial charge < -0.3 is 5.73 Å². The highest BCUT2D eigenvalue weighted by Gasteiger charge is 1.99. The molecule has 0 spiro atoms. The van der Waals surface area contributed by atoms with Crippen molar-refractivity contribution >= 4 is 23.2 Å². The van der Waals surface area contributed by atoms with Crippen LogP contribution in [0.4, 0.5) is 0 Å². The lowest BCUT2D eigenvalue weighted by atomic mass is 10.0. The maximum atomic E-state index is 5.61. The number of fused-ring (bicyclic) bond motifs is 1. The zero-order chi connectivity index (χ0) is 12.4. The first kappa shape index (κ1) is 13.6. The summed E-state index contributed by atoms with van der Waals surface area (Å²) in [4.78, 5) is 0. The summed E-state index contributed by atoms with van der Waals surface area (Å²) in [6, 6.07) is 23.4. The molecule has 1 nitrogen and oxygen atoms in total. The Kier molecular flexibility index (Phi) is 4.20. The molecule has 19 heavy (non-hydrogen) atoms. The Bertz CT molecular complexity index is 674. The van der Waals surface area contributed by atoms with Crippen molar-refractivity contribution in [3.05, 3.63) is 72.3 Å². The summed E-state index contributed by atoms with van der Waals surface area (Å²) >= 11 is 0. The zero-order valence-corrected chi connectivity index (χ0v) is 11.4. The lowest BCUT2D eigenvalue weighted by Gasteiger charge is -2.05. The minimum atomic E-state index is 0. The van der Waals surface area contributed by atoms with E-state index in [1.807, 2.05) is 0 Å². The van der Waals surface area contributed by atoms with Gasteiger partial charge in [-0.1, -0.05) is 60.7 Å². The normalized spacial score (nSPS) is 10.2. The number of nitrogens with two attached hydrogens (primary N) is 1. The van der Waals surface area contributed by atoms with Gasteiger partial charge in [0.1, 0.15) is 0 Å². The second-order valence-corrected chi connectivity index (χ2v) is 4.46. The van der Waals surface area contributed by atoms with Gasteiger partial charge >= 0.3 is 0 Å². The van der Waals surface area contributed by atoms with Crippen LogP contribution in [0.3, 0.4) is 0 Å². The Labute approximate surface area is 119 Å². The second-order valence-electron chi connectivity index (χ2n) is 4.46. The van der Waals surface area contributed by atoms with Crippen LogP contribution in [0, 0.1) is 0 Å². The third-order valence-corrected chi connectivity index (χ3v) is 3.27. The van der Waals surface area contributed by atoms with Crippen LogP contribution in [0.15, 0.2) is 66.7 Å². The van der Waals surface area contributed by atoms with E-state index in [1.54, 1.807) is 0 Å². The van der Waals surface area contributed by atoms with Crippen molar-refractivity contribution in [3.63, 3.8) is 0 Å². The van der Waals surface area contributed by atoms with Gasteiger partial charge in [-0.3, -0.25) is 0 Å². The number of hydrogen-bond donors (Lipinski definition) is 1. The van der Waals surface area contributed by atoms with E-state index in [2.05, 4.69) is 66.7 Å². The molecule has 0 fully saturated rings. The van der Waals surface area contributed by atoms with Gasteiger partial charge in [-0.25, -0.2) is 0 Å². The van der Waals surface area contributed by atoms with Crippen molar-refractivity contribution in [2.45, 2.75) is 6.54 Å². The summed E-state index contributed by atoms with van der Waals surface area (Å²) in [6.45, 7) is 0.595. The third-order valence-electron chi connectivity index (χ3n) is 3.27. The van der Waals surface area contributed by atoms with Crippen molar-refractivity contribution in [3.8, 4) is 11.1 Å². The fourth-order valence-corrected chi connectivity index (χ4v) is 2.20. The molecule has 0 aliphatic heterocycles. The van der Waals surface area contributed by atoms with Gasteiger partial charge in [0.25, 0.3) is 0 Å². The molecular formula is C17H16ClN. The van der Waals surface area contributed by atoms with Crippen molar-refractivity contribution in [2.75, 3.05) is 0 Å². The Morgan fingerprint density at radius 2 is 1.32 bits per heavy atom. The predicted octanol–water partition coefficient (Wildman–Crippen LogP) is 4.39. The molecule has 2 heteroatoms. The molecule has 0 aliphatic carbocycles. The van der Waals surface area contributed by atoms with Gasteiger partial charge in [0.05, 0.1) is 0 Å². The lowest BCUT2D eigenvalue weighted by molar-refractivity contribution is 1.07. The summed E-state index contributed by atoms with van der Waals surface area (Å²) < 4.78 is 0. The highest BCUT2D eigenvalue weighted by atomic mass is 35.5. The molecule has 3 aromatic rings. The lowest BCUT2D eigenvalue weighted by Crippen LogP contribution is -1.95. The number of halogens is 1. The molecule has 0 aliphatic rings. The van der Waals surface area contributed by atoms with Crippen LogP contribution in [0.1, 0.15) is 5.56 Å². The van der Waals surface area contributed by atoms with E-state index in [0.29, 0.717) is 6.54 Å². The predicted molar refractivity (Wildman–Crippen MR) is 84.5 cm³/mol. The molecule has 0 aromatic heterocycles. The SMILES string of the molecule is Cl.NCc1ccc(-c2ccc3ccccc3c2)cc1. The van der Waals surface area contributed by atoms with E-state index < -0.39 is 0 Å². The van der Waals surface area contributed by atoms with E-state index in [1.165, 1.54) is 27.5 Å². The summed E-state index contributed by atoms with van der Waals surface area (Å²) in [5, 5.41) is 2.55. The summed E-state index contributed by atoms with van der Waals surface area (Å²) in [6.07, 6.45) is 0. The van der Waals surface area contributed by atoms with Crippen LogP contribution in [0.25, 0.3) is 21.9 Å². The molecule has 0 radical (unpaired) electrons. The minimum absolute atomic E-state index is 0. The van der Waals surface area contributed by atoms with Crippen LogP contribution in [0.5, 0.6) is 0 Å². The van der Waals surface area contributed by atoms with Gasteiger partial charge in [-0.15, -0.1) is 12.4 Å². The standard InChI is InChI=1S/C17H15N.ClH/c18-12-13-5-7-15(8-6-13)17-10-9-14-3-1-2-4-16(14)11-17;/h1-11H,12,18H2;1H. The summed E-state index contributed by atoms with van der Waals surface area (Å²) in [5.41, 5.74) is 9.26. The first-order valence-electron chi connectivity index (χ1n) is 6.15. The van der Waals surface area contributed by atoms with Crippen molar-refractivity contribution in [1.82, 2.24) is 0 Å². The maximum absolute atomic E-state index is 5.61. The molecule has 0 atom stereocenters. The maximum Gasteiger partial charge on any atom is 0.0178 e. The van der Waals surface area contributed by atoms with Gasteiger partial charge in [-0.2, -0.15) is 0 Å². The molecule has 3 rings (SSSR count). The number of hydrogen-bond acceptors (Lipinski definition) is 1. The number of benzene rings is 3. The van der Waals surface area contributed by atoms with Crippen molar-refractivity contribution in [1.29, 1.82) is 0 Å². The average molecular weight is 270 g/mol. The Morgan fingerprint density at radius 1 is 0.684 bits per heavy atom. The van der Waals surface area contributed by atoms with E-state index in [4.69, 9.17) is 5.73 Å². The summed E-state index contributed by atoms with van der Waals surface area (Å²) in [5.74, 6) is 0. The van der Waals surface area contributed by atoms with Crippen LogP contribution in [-0.4, -0.2) is 0 Å². The first-order chi connectivity index (χ1) is 8.86. The quantitative estimate of drug-likeness (QED) is 0.734. The molecule has 0 bridgehead atoms. The molecule has 0 amide bonds. The van der Waals surface area contributed by atoms with E-state index >= 15 is 0 Å². The van der Waals surface area contributed by atoms with Gasteiger partial charge in [0.15, 0.2) is 0 Å². The fourth-order valence-electron chi connectivity index (χ4n) is 2.20. The highest BCUT2D eigenvalue weighted by molar-refractivity contribution is 5.87. The Morgan fingerprint density at radius 3 is 2.00 bits per heavy atom. The highest BCUT2D eigenvalue weighted by Crippen LogP contribution is 2.24. The van der Waals surface area contributed by atoms with Crippen LogP contribution in [-0.2, 0) is 6.54 Å². The van der Waals surface area contributed by atoms with Gasteiger partial charge in [0.2, 0.25) is 0 Å². The monoisotopic (exact) mass is 269 g/mol. The average Bonchev–Trinajstić information content (AvgIpc) is 2.47. The van der Waals surface area contributed by atoms with E-state index in [-0.39, 0.29) is 12.4 Å². The van der Waals surface area contributed by atoms with Crippen LogP contribution in [0.2, 0.25) is 0 Å². The van der Waals surface area contributed by atoms with Crippen molar-refractivity contribution in [2.24, 2.45) is 5.73 Å². The molecule has 0 unspecified atom stereocenters. The largest absolute Gasteiger partial charge is 0.326 e. The summed E-state index contributed by atoms with van der Waals surface area (Å²) in [7, 11) is 0. The van der Waals surface area contributed by atoms with Crippen LogP contribution < -0.4 is 5.73 Å². The van der Waals surface area contributed by atoms with Gasteiger partial charge in [0, 0.05) is 6.54 Å². The van der Waals surface area contributed by atoms with Crippen LogP contribution >= 0.6 is 12.4 Å². The molecule has 3 aromatic carbocycles. The zero-order valence-electron chi connectivity index (χ0n) is 10.5. The topological polar surface area (TPSA) is 26.0 Å².